The molecule has 0 saturated carbocycles. The maximum atomic E-state index is 5.28. The summed E-state index contributed by atoms with van der Waals surface area (Å²) in [5.74, 6) is 6.57. The summed E-state index contributed by atoms with van der Waals surface area (Å²) in [5, 5.41) is 38.5. The molecule has 0 radical (unpaired) electrons. The Morgan fingerprint density at radius 1 is 0.212 bits per heavy atom. The third-order valence-corrected chi connectivity index (χ3v) is 15.9. The predicted molar refractivity (Wildman–Crippen MR) is 452 cm³/mol. The van der Waals surface area contributed by atoms with E-state index in [0.717, 1.165) is 79.4 Å². The first-order valence-electron chi connectivity index (χ1n) is 35.8. The highest BCUT2D eigenvalue weighted by atomic mass is 16.5. The van der Waals surface area contributed by atoms with Gasteiger partial charge in [-0.1, -0.05) is 169 Å². The summed E-state index contributed by atoms with van der Waals surface area (Å²) in [5.41, 5.74) is 13.2. The van der Waals surface area contributed by atoms with Crippen LogP contribution in [0.1, 0.15) is 16.7 Å². The van der Waals surface area contributed by atoms with Gasteiger partial charge < -0.3 is 68.5 Å². The van der Waals surface area contributed by atoms with Gasteiger partial charge in [0.2, 0.25) is 71.4 Å². The summed E-state index contributed by atoms with van der Waals surface area (Å²) in [7, 11) is 1.63. The number of hydrogen-bond acceptors (Lipinski definition) is 27. The van der Waals surface area contributed by atoms with Gasteiger partial charge in [0.15, 0.2) is 0 Å². The molecule has 0 spiro atoms. The molecule has 27 nitrogen and oxygen atoms in total. The number of methoxy groups -OCH3 is 1. The molecule has 0 aliphatic heterocycles. The number of benzene rings is 10. The van der Waals surface area contributed by atoms with E-state index in [9.17, 15) is 0 Å². The Morgan fingerprint density at radius 3 is 0.850 bits per heavy atom. The van der Waals surface area contributed by atoms with E-state index in [0.29, 0.717) is 77.2 Å². The standard InChI is InChI=1S/C24H24N6.C22H20N6O.2C20H17N7/c1-16-11-13-19(14-12-16)25-22-28-23(26-20-9-6-7-17(2)15-20)30-24(29-22)27-21-10-5-4-8-18(21)3;1-29-19-14-8-13-18(15-19)25-22-27-20(23-16-9-4-2-5-10-16)26-21(28-22)24-17-11-6-3-7-12-17;1-3-9-15(10-4-1)22-18-25-19(23-16-11-5-2-6-12-16)27-20(26-18)24-17-13-7-8-14-21-17;1-3-7-15(8-4-1)22-18-25-19(23-16-9-5-2-6-10-16)27-20(26-18)24-17-11-13-21-14-12-17/h4-15H,1-3H3,(H3,25,26,27,28,29,30);2-15H,1H3,(H3,23,24,25,26,27,28);2*1-14H,(H3,21,22,23,24,25,26,27). The lowest BCUT2D eigenvalue weighted by molar-refractivity contribution is 0.415. The van der Waals surface area contributed by atoms with Gasteiger partial charge in [0.1, 0.15) is 11.6 Å². The number of aryl methyl sites for hydroxylation is 3. The van der Waals surface area contributed by atoms with Crippen molar-refractivity contribution in [2.24, 2.45) is 0 Å². The van der Waals surface area contributed by atoms with Crippen molar-refractivity contribution in [1.82, 2.24) is 69.8 Å². The fourth-order valence-electron chi connectivity index (χ4n) is 10.5. The zero-order chi connectivity index (χ0) is 77.4. The second kappa shape index (κ2) is 39.0. The van der Waals surface area contributed by atoms with Gasteiger partial charge in [-0.2, -0.15) is 59.8 Å². The highest BCUT2D eigenvalue weighted by Gasteiger charge is 2.15. The Labute approximate surface area is 653 Å². The molecule has 0 bridgehead atoms. The molecule has 10 aromatic carbocycles. The molecular formula is C86H78N26O. The van der Waals surface area contributed by atoms with Crippen molar-refractivity contribution in [3.8, 4) is 5.75 Å². The van der Waals surface area contributed by atoms with Crippen molar-refractivity contribution in [3.05, 3.63) is 345 Å². The van der Waals surface area contributed by atoms with E-state index in [1.54, 1.807) is 25.7 Å². The van der Waals surface area contributed by atoms with E-state index in [4.69, 9.17) is 4.74 Å². The Kier molecular flexibility index (Phi) is 25.9. The summed E-state index contributed by atoms with van der Waals surface area (Å²) in [6.45, 7) is 6.15. The normalized spacial score (nSPS) is 10.3. The van der Waals surface area contributed by atoms with Crippen LogP contribution in [0.25, 0.3) is 0 Å². The highest BCUT2D eigenvalue weighted by molar-refractivity contribution is 5.68. The van der Waals surface area contributed by atoms with Gasteiger partial charge in [0, 0.05) is 87.2 Å². The van der Waals surface area contributed by atoms with Crippen LogP contribution in [0.3, 0.4) is 0 Å². The summed E-state index contributed by atoms with van der Waals surface area (Å²) in [6.07, 6.45) is 5.11. The van der Waals surface area contributed by atoms with Crippen LogP contribution in [0, 0.1) is 20.8 Å². The summed E-state index contributed by atoms with van der Waals surface area (Å²) in [4.78, 5) is 62.2. The Bertz CT molecular complexity index is 5090. The van der Waals surface area contributed by atoms with Crippen molar-refractivity contribution in [1.29, 1.82) is 0 Å². The van der Waals surface area contributed by atoms with Crippen molar-refractivity contribution in [3.63, 3.8) is 0 Å². The lowest BCUT2D eigenvalue weighted by atomic mass is 10.2. The van der Waals surface area contributed by atoms with Crippen LogP contribution in [0.4, 0.5) is 140 Å². The zero-order valence-electron chi connectivity index (χ0n) is 61.8. The molecule has 6 aromatic heterocycles. The van der Waals surface area contributed by atoms with Crippen molar-refractivity contribution in [2.45, 2.75) is 20.8 Å². The predicted octanol–water partition coefficient (Wildman–Crippen LogP) is 20.1. The number of rotatable bonds is 25. The van der Waals surface area contributed by atoms with Gasteiger partial charge in [-0.05, 0) is 171 Å². The number of aromatic nitrogens is 14. The van der Waals surface area contributed by atoms with Gasteiger partial charge in [0.25, 0.3) is 0 Å². The SMILES string of the molecule is COc1cccc(Nc2nc(Nc3ccccc3)nc(Nc3ccccc3)n2)c1.Cc1ccc(Nc2nc(Nc3cccc(C)c3)nc(Nc3ccccc3C)n2)cc1.c1ccc(Nc2nc(Nc3ccccc3)nc(Nc3ccccn3)n2)cc1.c1ccc(Nc2nc(Nc3ccccc3)nc(Nc3ccncc3)n2)cc1. The molecule has 27 heteroatoms. The van der Waals surface area contributed by atoms with Crippen LogP contribution in [-0.4, -0.2) is 76.9 Å². The highest BCUT2D eigenvalue weighted by Crippen LogP contribution is 2.28. The molecule has 0 fully saturated rings. The van der Waals surface area contributed by atoms with Crippen molar-refractivity contribution >= 4 is 140 Å². The van der Waals surface area contributed by atoms with E-state index < -0.39 is 0 Å². The maximum absolute atomic E-state index is 5.28. The summed E-state index contributed by atoms with van der Waals surface area (Å²) >= 11 is 0. The molecule has 16 rings (SSSR count). The second-order valence-electron chi connectivity index (χ2n) is 24.7. The molecule has 113 heavy (non-hydrogen) atoms. The van der Waals surface area contributed by atoms with Crippen LogP contribution in [0.5, 0.6) is 5.75 Å². The minimum Gasteiger partial charge on any atom is -0.497 e. The molecule has 0 aliphatic carbocycles. The summed E-state index contributed by atoms with van der Waals surface area (Å²) < 4.78 is 5.28. The van der Waals surface area contributed by atoms with E-state index in [1.807, 2.05) is 323 Å². The molecular weight excluding hydrogens is 1410 g/mol. The van der Waals surface area contributed by atoms with Crippen LogP contribution >= 0.6 is 0 Å². The number of hydrogen-bond donors (Lipinski definition) is 12. The lowest BCUT2D eigenvalue weighted by Gasteiger charge is -2.13. The largest absolute Gasteiger partial charge is 0.497 e. The first-order chi connectivity index (χ1) is 55.5. The van der Waals surface area contributed by atoms with E-state index in [-0.39, 0.29) is 0 Å². The van der Waals surface area contributed by atoms with Crippen molar-refractivity contribution < 1.29 is 4.74 Å². The van der Waals surface area contributed by atoms with Crippen molar-refractivity contribution in [2.75, 3.05) is 70.9 Å². The topological polar surface area (TPSA) is 334 Å². The minimum absolute atomic E-state index is 0.389. The molecule has 0 aliphatic rings. The van der Waals surface area contributed by atoms with Gasteiger partial charge in [-0.15, -0.1) is 0 Å². The quantitative estimate of drug-likeness (QED) is 0.0253. The van der Waals surface area contributed by atoms with Gasteiger partial charge in [0.05, 0.1) is 7.11 Å². The van der Waals surface area contributed by atoms with Crippen LogP contribution in [0.2, 0.25) is 0 Å². The Morgan fingerprint density at radius 2 is 0.504 bits per heavy atom. The first kappa shape index (κ1) is 75.2. The molecule has 0 saturated heterocycles. The van der Waals surface area contributed by atoms with Crippen LogP contribution < -0.4 is 68.5 Å². The third kappa shape index (κ3) is 24.2. The van der Waals surface area contributed by atoms with E-state index >= 15 is 0 Å². The number of anilines is 24. The lowest BCUT2D eigenvalue weighted by Crippen LogP contribution is -2.07. The third-order valence-electron chi connectivity index (χ3n) is 15.9. The van der Waals surface area contributed by atoms with Crippen LogP contribution in [-0.2, 0) is 0 Å². The molecule has 6 heterocycles. The van der Waals surface area contributed by atoms with E-state index in [2.05, 4.69) is 141 Å². The Hall–Kier alpha value is -16.1. The zero-order valence-corrected chi connectivity index (χ0v) is 61.8. The first-order valence-corrected chi connectivity index (χ1v) is 35.8. The minimum atomic E-state index is 0.389. The number of ether oxygens (including phenoxy) is 1. The van der Waals surface area contributed by atoms with Gasteiger partial charge in [-0.25, -0.2) is 4.98 Å². The molecule has 558 valence electrons. The van der Waals surface area contributed by atoms with Crippen LogP contribution in [0.15, 0.2) is 328 Å². The van der Waals surface area contributed by atoms with Gasteiger partial charge in [-0.3, -0.25) is 4.98 Å². The number of nitrogens with one attached hydrogen (secondary N) is 12. The molecule has 12 N–H and O–H groups in total. The average Bonchev–Trinajstić information content (AvgIpc) is 0.842. The van der Waals surface area contributed by atoms with Gasteiger partial charge >= 0.3 is 0 Å². The number of para-hydroxylation sites is 7. The Balaban J connectivity index is 0.000000132. The summed E-state index contributed by atoms with van der Waals surface area (Å²) in [6, 6.07) is 99.5. The smallest absolute Gasteiger partial charge is 0.235 e. The maximum Gasteiger partial charge on any atom is 0.235 e. The molecule has 0 amide bonds. The molecule has 0 atom stereocenters. The fraction of sp³-hybridized carbons (Fsp3) is 0.0465. The molecule has 16 aromatic rings. The number of nitrogens with zero attached hydrogens (tertiary/aromatic N) is 14. The fourth-order valence-corrected chi connectivity index (χ4v) is 10.5. The monoisotopic (exact) mass is 1490 g/mol. The second-order valence-corrected chi connectivity index (χ2v) is 24.7. The number of pyridine rings is 2. The molecule has 0 unspecified atom stereocenters. The average molecular weight is 1490 g/mol. The van der Waals surface area contributed by atoms with E-state index in [1.165, 1.54) is 5.56 Å².